The zero-order valence-corrected chi connectivity index (χ0v) is 17.0. The topological polar surface area (TPSA) is 89.7 Å². The summed E-state index contributed by atoms with van der Waals surface area (Å²) >= 11 is 1.33. The highest BCUT2D eigenvalue weighted by Crippen LogP contribution is 2.24. The van der Waals surface area contributed by atoms with Gasteiger partial charge in [0.05, 0.1) is 24.3 Å². The Labute approximate surface area is 175 Å². The fourth-order valence-electron chi connectivity index (χ4n) is 3.13. The number of carbonyl (C=O) groups excluding carboxylic acids is 1. The van der Waals surface area contributed by atoms with Gasteiger partial charge in [-0.2, -0.15) is 5.10 Å². The van der Waals surface area contributed by atoms with Crippen molar-refractivity contribution in [3.05, 3.63) is 72.4 Å². The average Bonchev–Trinajstić information content (AvgIpc) is 3.50. The summed E-state index contributed by atoms with van der Waals surface area (Å²) in [5.41, 5.74) is 4.68. The second kappa shape index (κ2) is 7.68. The van der Waals surface area contributed by atoms with Gasteiger partial charge >= 0.3 is 0 Å². The molecule has 1 amide bonds. The molecule has 9 heteroatoms. The Kier molecular flexibility index (Phi) is 4.72. The predicted octanol–water partition coefficient (Wildman–Crippen LogP) is 3.35. The number of rotatable bonds is 6. The third kappa shape index (κ3) is 3.55. The maximum Gasteiger partial charge on any atom is 0.230 e. The van der Waals surface area contributed by atoms with Crippen molar-refractivity contribution in [3.8, 4) is 11.3 Å². The Morgan fingerprint density at radius 2 is 2.03 bits per heavy atom. The molecule has 0 atom stereocenters. The molecule has 0 fully saturated rings. The number of hydrogen-bond acceptors (Lipinski definition) is 6. The van der Waals surface area contributed by atoms with Crippen LogP contribution in [0, 0.1) is 6.92 Å². The predicted molar refractivity (Wildman–Crippen MR) is 113 cm³/mol. The Morgan fingerprint density at radius 1 is 1.17 bits per heavy atom. The van der Waals surface area contributed by atoms with Crippen LogP contribution in [0.25, 0.3) is 22.4 Å². The molecular formula is C21H18N6O2S. The van der Waals surface area contributed by atoms with Gasteiger partial charge in [-0.05, 0) is 25.1 Å². The number of nitrogens with one attached hydrogen (secondary N) is 1. The molecule has 4 heterocycles. The first-order valence-corrected chi connectivity index (χ1v) is 10.4. The molecule has 5 rings (SSSR count). The maximum atomic E-state index is 12.1. The Hall–Kier alpha value is -3.59. The number of hydrogen-bond donors (Lipinski definition) is 1. The van der Waals surface area contributed by atoms with Crippen LogP contribution >= 0.6 is 11.8 Å². The quantitative estimate of drug-likeness (QED) is 0.425. The molecule has 0 radical (unpaired) electrons. The van der Waals surface area contributed by atoms with Crippen LogP contribution in [0.1, 0.15) is 11.3 Å². The second-order valence-corrected chi connectivity index (χ2v) is 7.79. The molecule has 0 unspecified atom stereocenters. The van der Waals surface area contributed by atoms with E-state index >= 15 is 0 Å². The number of carbonyl (C=O) groups is 1. The largest absolute Gasteiger partial charge is 0.467 e. The highest BCUT2D eigenvalue weighted by molar-refractivity contribution is 7.99. The Balaban J connectivity index is 1.35. The van der Waals surface area contributed by atoms with Crippen LogP contribution in [0.4, 0.5) is 0 Å². The minimum Gasteiger partial charge on any atom is -0.467 e. The maximum absolute atomic E-state index is 12.1. The van der Waals surface area contributed by atoms with E-state index in [1.54, 1.807) is 16.8 Å². The zero-order chi connectivity index (χ0) is 20.5. The smallest absolute Gasteiger partial charge is 0.230 e. The van der Waals surface area contributed by atoms with Crippen LogP contribution in [0.5, 0.6) is 0 Å². The highest BCUT2D eigenvalue weighted by atomic mass is 32.2. The first-order chi connectivity index (χ1) is 14.7. The third-order valence-electron chi connectivity index (χ3n) is 4.71. The molecule has 1 N–H and O–H groups in total. The van der Waals surface area contributed by atoms with Crippen LogP contribution in [0.2, 0.25) is 0 Å². The van der Waals surface area contributed by atoms with Crippen molar-refractivity contribution in [2.75, 3.05) is 5.75 Å². The molecule has 8 nitrogen and oxygen atoms in total. The minimum atomic E-state index is -0.0970. The fourth-order valence-corrected chi connectivity index (χ4v) is 3.88. The normalized spacial score (nSPS) is 11.4. The van der Waals surface area contributed by atoms with Crippen LogP contribution in [-0.2, 0) is 11.3 Å². The van der Waals surface area contributed by atoms with Gasteiger partial charge in [-0.3, -0.25) is 9.20 Å². The van der Waals surface area contributed by atoms with Crippen molar-refractivity contribution in [1.82, 2.24) is 29.5 Å². The molecule has 0 saturated carbocycles. The lowest BCUT2D eigenvalue weighted by Crippen LogP contribution is -2.24. The lowest BCUT2D eigenvalue weighted by Gasteiger charge is -2.03. The highest BCUT2D eigenvalue weighted by Gasteiger charge is 2.14. The number of nitrogens with zero attached hydrogens (tertiary/aromatic N) is 5. The SMILES string of the molecule is Cc1ccc(-c2cc3c4nnc(SCC(=O)NCc5ccco5)n4ccn3n2)cc1. The molecule has 1 aromatic carbocycles. The molecule has 0 bridgehead atoms. The molecule has 0 aliphatic carbocycles. The van der Waals surface area contributed by atoms with Gasteiger partial charge in [0.25, 0.3) is 0 Å². The Morgan fingerprint density at radius 3 is 2.83 bits per heavy atom. The summed E-state index contributed by atoms with van der Waals surface area (Å²) in [5, 5.41) is 16.7. The van der Waals surface area contributed by atoms with Crippen molar-refractivity contribution in [2.24, 2.45) is 0 Å². The molecule has 30 heavy (non-hydrogen) atoms. The van der Waals surface area contributed by atoms with E-state index in [9.17, 15) is 4.79 Å². The summed E-state index contributed by atoms with van der Waals surface area (Å²) < 4.78 is 8.89. The van der Waals surface area contributed by atoms with Gasteiger partial charge in [0.1, 0.15) is 11.3 Å². The minimum absolute atomic E-state index is 0.0970. The van der Waals surface area contributed by atoms with Crippen molar-refractivity contribution in [3.63, 3.8) is 0 Å². The van der Waals surface area contributed by atoms with E-state index in [1.165, 1.54) is 17.3 Å². The summed E-state index contributed by atoms with van der Waals surface area (Å²) in [6.45, 7) is 2.43. The fraction of sp³-hybridized carbons (Fsp3) is 0.143. The molecule has 0 aliphatic heterocycles. The van der Waals surface area contributed by atoms with Gasteiger partial charge in [-0.25, -0.2) is 4.52 Å². The summed E-state index contributed by atoms with van der Waals surface area (Å²) in [6.07, 6.45) is 5.31. The summed E-state index contributed by atoms with van der Waals surface area (Å²) in [4.78, 5) is 12.1. The number of fused-ring (bicyclic) bond motifs is 3. The molecule has 4 aromatic heterocycles. The number of aryl methyl sites for hydroxylation is 1. The van der Waals surface area contributed by atoms with Crippen LogP contribution in [0.3, 0.4) is 0 Å². The second-order valence-electron chi connectivity index (χ2n) is 6.84. The van der Waals surface area contributed by atoms with E-state index in [0.717, 1.165) is 16.8 Å². The van der Waals surface area contributed by atoms with Crippen molar-refractivity contribution in [1.29, 1.82) is 0 Å². The summed E-state index contributed by atoms with van der Waals surface area (Å²) in [6, 6.07) is 13.9. The average molecular weight is 418 g/mol. The van der Waals surface area contributed by atoms with Crippen molar-refractivity contribution >= 4 is 28.8 Å². The van der Waals surface area contributed by atoms with E-state index in [4.69, 9.17) is 4.42 Å². The van der Waals surface area contributed by atoms with Gasteiger partial charge in [-0.15, -0.1) is 10.2 Å². The lowest BCUT2D eigenvalue weighted by molar-refractivity contribution is -0.118. The van der Waals surface area contributed by atoms with E-state index in [2.05, 4.69) is 51.8 Å². The van der Waals surface area contributed by atoms with Crippen LogP contribution in [-0.4, -0.2) is 35.9 Å². The van der Waals surface area contributed by atoms with Crippen LogP contribution in [0.15, 0.2) is 70.7 Å². The number of furan rings is 1. The number of amides is 1. The van der Waals surface area contributed by atoms with Gasteiger partial charge in [0.2, 0.25) is 5.91 Å². The third-order valence-corrected chi connectivity index (χ3v) is 5.65. The number of benzene rings is 1. The van der Waals surface area contributed by atoms with Gasteiger partial charge in [-0.1, -0.05) is 41.6 Å². The van der Waals surface area contributed by atoms with E-state index in [-0.39, 0.29) is 11.7 Å². The standard InChI is InChI=1S/C21H18N6O2S/c1-14-4-6-15(7-5-14)17-11-18-20-23-24-21(26(20)8-9-27(18)25-17)30-13-19(28)22-12-16-3-2-10-29-16/h2-11H,12-13H2,1H3,(H,22,28). The van der Waals surface area contributed by atoms with E-state index in [1.807, 2.05) is 28.9 Å². The molecule has 0 spiro atoms. The van der Waals surface area contributed by atoms with E-state index in [0.29, 0.717) is 23.1 Å². The Bertz CT molecular complexity index is 1320. The number of aromatic nitrogens is 5. The molecule has 0 aliphatic rings. The summed E-state index contributed by atoms with van der Waals surface area (Å²) in [7, 11) is 0. The first-order valence-electron chi connectivity index (χ1n) is 9.39. The molecule has 150 valence electrons. The van der Waals surface area contributed by atoms with Crippen molar-refractivity contribution < 1.29 is 9.21 Å². The zero-order valence-electron chi connectivity index (χ0n) is 16.1. The monoisotopic (exact) mass is 418 g/mol. The van der Waals surface area contributed by atoms with Gasteiger partial charge in [0.15, 0.2) is 10.8 Å². The van der Waals surface area contributed by atoms with Gasteiger partial charge in [0, 0.05) is 18.0 Å². The first kappa shape index (κ1) is 18.4. The molecule has 5 aromatic rings. The molecule has 0 saturated heterocycles. The van der Waals surface area contributed by atoms with Crippen LogP contribution < -0.4 is 5.32 Å². The lowest BCUT2D eigenvalue weighted by atomic mass is 10.1. The summed E-state index contributed by atoms with van der Waals surface area (Å²) in [5.74, 6) is 0.856. The van der Waals surface area contributed by atoms with Gasteiger partial charge < -0.3 is 9.73 Å². The van der Waals surface area contributed by atoms with E-state index < -0.39 is 0 Å². The molecular weight excluding hydrogens is 400 g/mol. The number of thioether (sulfide) groups is 1. The van der Waals surface area contributed by atoms with Crippen molar-refractivity contribution in [2.45, 2.75) is 18.6 Å².